The fraction of sp³-hybridized carbons (Fsp3) is 0.250. The van der Waals surface area contributed by atoms with Crippen molar-refractivity contribution in [3.63, 3.8) is 0 Å². The molecule has 2 nitrogen and oxygen atoms in total. The molecule has 0 aliphatic rings. The minimum absolute atomic E-state index is 0.115. The lowest BCUT2D eigenvalue weighted by molar-refractivity contribution is 1.20. The Kier molecular flexibility index (Phi) is 0.921. The lowest BCUT2D eigenvalue weighted by Crippen LogP contribution is -1.66. The molecule has 1 heterocycles. The molecule has 0 fully saturated rings. The highest BCUT2D eigenvalue weighted by Gasteiger charge is 1.97. The Morgan fingerprint density at radius 3 is 2.75 bits per heavy atom. The second-order valence-corrected chi connectivity index (χ2v) is 2.70. The summed E-state index contributed by atoms with van der Waals surface area (Å²) in [7, 11) is 0. The monoisotopic (exact) mass is 241 g/mol. The van der Waals surface area contributed by atoms with Gasteiger partial charge in [0.2, 0.25) is 0 Å². The van der Waals surface area contributed by atoms with Gasteiger partial charge in [-0.15, -0.1) is 0 Å². The van der Waals surface area contributed by atoms with E-state index in [1.807, 2.05) is 0 Å². The van der Waals surface area contributed by atoms with Gasteiger partial charge in [0.15, 0.2) is 4.73 Å². The number of aromatic nitrogens is 2. The van der Waals surface area contributed by atoms with Crippen molar-refractivity contribution in [1.29, 1.82) is 0 Å². The average Bonchev–Trinajstić information content (AvgIpc) is 2.08. The minimum Gasteiger partial charge on any atom is -0.336 e. The van der Waals surface area contributed by atoms with E-state index in [9.17, 15) is 0 Å². The predicted octanol–water partition coefficient (Wildman–Crippen LogP) is 2.24. The molecule has 1 N–H and O–H groups in total. The maximum Gasteiger partial charge on any atom is 0.175 e. The van der Waals surface area contributed by atoms with E-state index < -0.39 is 6.85 Å². The molecule has 0 atom stereocenters. The molecule has 44 valence electrons. The summed E-state index contributed by atoms with van der Waals surface area (Å²) in [5.74, 6) is 0. The quantitative estimate of drug-likeness (QED) is 0.743. The van der Waals surface area contributed by atoms with Gasteiger partial charge in [-0.25, -0.2) is 4.98 Å². The Balaban J connectivity index is 3.13. The zero-order chi connectivity index (χ0) is 8.65. The number of nitrogens with one attached hydrogen (secondary N) is 1. The number of imidazole rings is 1. The number of aryl methyl sites for hydroxylation is 1. The first-order valence-electron chi connectivity index (χ1n) is 3.33. The third-order valence-corrected chi connectivity index (χ3v) is 1.58. The molecule has 0 unspecified atom stereocenters. The standard InChI is InChI=1S/C4H4Br2N2/c1-2-3(5)8-4(6)7-2/h1H3,(H,7,8)/i1D3. The van der Waals surface area contributed by atoms with Crippen molar-refractivity contribution >= 4 is 31.9 Å². The summed E-state index contributed by atoms with van der Waals surface area (Å²) in [6.45, 7) is -2.14. The smallest absolute Gasteiger partial charge is 0.175 e. The van der Waals surface area contributed by atoms with Gasteiger partial charge in [0.1, 0.15) is 4.60 Å². The Bertz CT molecular complexity index is 267. The molecule has 0 amide bonds. The molecule has 0 aromatic carbocycles. The minimum atomic E-state index is -2.14. The molecule has 0 radical (unpaired) electrons. The summed E-state index contributed by atoms with van der Waals surface area (Å²) in [6.07, 6.45) is 0. The third-order valence-electron chi connectivity index (χ3n) is 0.631. The molecule has 1 aromatic heterocycles. The van der Waals surface area contributed by atoms with Crippen LogP contribution >= 0.6 is 31.9 Å². The molecule has 1 rings (SSSR count). The first kappa shape index (κ1) is 3.37. The highest BCUT2D eigenvalue weighted by molar-refractivity contribution is 9.11. The number of hydrogen-bond acceptors (Lipinski definition) is 1. The third kappa shape index (κ3) is 1.11. The maximum absolute atomic E-state index is 7.04. The fourth-order valence-electron chi connectivity index (χ4n) is 0.325. The van der Waals surface area contributed by atoms with Gasteiger partial charge in [-0.3, -0.25) is 0 Å². The maximum atomic E-state index is 7.04. The van der Waals surface area contributed by atoms with Gasteiger partial charge >= 0.3 is 0 Å². The number of halogens is 2. The van der Waals surface area contributed by atoms with Crippen LogP contribution in [0.15, 0.2) is 9.34 Å². The average molecular weight is 243 g/mol. The molecule has 1 aromatic rings. The first-order valence-corrected chi connectivity index (χ1v) is 3.41. The van der Waals surface area contributed by atoms with Crippen LogP contribution in [0.4, 0.5) is 0 Å². The second-order valence-electron chi connectivity index (χ2n) is 1.19. The van der Waals surface area contributed by atoms with Gasteiger partial charge in [-0.05, 0) is 38.7 Å². The number of nitrogens with zero attached hydrogens (tertiary/aromatic N) is 1. The van der Waals surface area contributed by atoms with Gasteiger partial charge in [0.05, 0.1) is 0 Å². The van der Waals surface area contributed by atoms with E-state index in [1.54, 1.807) is 0 Å². The number of H-pyrrole nitrogens is 1. The van der Waals surface area contributed by atoms with Crippen LogP contribution in [0.25, 0.3) is 0 Å². The van der Waals surface area contributed by atoms with Crippen LogP contribution in [0.3, 0.4) is 0 Å². The molecular formula is C4H4Br2N2. The Morgan fingerprint density at radius 1 is 1.75 bits per heavy atom. The van der Waals surface area contributed by atoms with Crippen LogP contribution in [0.5, 0.6) is 0 Å². The van der Waals surface area contributed by atoms with Crippen LogP contribution in [-0.2, 0) is 0 Å². The molecule has 0 aliphatic carbocycles. The van der Waals surface area contributed by atoms with Gasteiger partial charge in [-0.2, -0.15) is 0 Å². The van der Waals surface area contributed by atoms with Crippen molar-refractivity contribution in [1.82, 2.24) is 9.97 Å². The van der Waals surface area contributed by atoms with Gasteiger partial charge in [0, 0.05) is 9.81 Å². The zero-order valence-corrected chi connectivity index (χ0v) is 6.88. The Morgan fingerprint density at radius 2 is 2.50 bits per heavy atom. The number of hydrogen-bond donors (Lipinski definition) is 1. The largest absolute Gasteiger partial charge is 0.336 e. The lowest BCUT2D eigenvalue weighted by atomic mass is 10.6. The molecule has 0 spiro atoms. The number of rotatable bonds is 0. The molecule has 4 heteroatoms. The SMILES string of the molecule is [2H]C([2H])([2H])c1[nH]c(Br)nc1Br. The van der Waals surface area contributed by atoms with Gasteiger partial charge in [-0.1, -0.05) is 0 Å². The molecule has 0 aliphatic heterocycles. The van der Waals surface area contributed by atoms with Gasteiger partial charge < -0.3 is 4.98 Å². The van der Waals surface area contributed by atoms with Crippen LogP contribution in [0.1, 0.15) is 9.81 Å². The summed E-state index contributed by atoms with van der Waals surface area (Å²) in [5, 5.41) is 0. The van der Waals surface area contributed by atoms with Crippen LogP contribution in [0, 0.1) is 6.85 Å². The summed E-state index contributed by atoms with van der Waals surface area (Å²) < 4.78 is 21.9. The van der Waals surface area contributed by atoms with Crippen molar-refractivity contribution in [3.8, 4) is 0 Å². The van der Waals surface area contributed by atoms with E-state index in [1.165, 1.54) is 0 Å². The summed E-state index contributed by atoms with van der Waals surface area (Å²) in [6, 6.07) is 0. The van der Waals surface area contributed by atoms with Crippen molar-refractivity contribution in [2.75, 3.05) is 0 Å². The predicted molar refractivity (Wildman–Crippen MR) is 38.7 cm³/mol. The summed E-state index contributed by atoms with van der Waals surface area (Å²) >= 11 is 6.05. The Hall–Kier alpha value is 0.170. The normalized spacial score (nSPS) is 17.0. The van der Waals surface area contributed by atoms with Crippen LogP contribution in [-0.4, -0.2) is 9.97 Å². The van der Waals surface area contributed by atoms with E-state index >= 15 is 0 Å². The van der Waals surface area contributed by atoms with Crippen LogP contribution < -0.4 is 0 Å². The molecular weight excluding hydrogens is 236 g/mol. The number of aromatic amines is 1. The first-order chi connectivity index (χ1) is 4.91. The van der Waals surface area contributed by atoms with Crippen molar-refractivity contribution in [3.05, 3.63) is 15.0 Å². The van der Waals surface area contributed by atoms with E-state index in [0.717, 1.165) is 0 Å². The molecule has 0 saturated heterocycles. The van der Waals surface area contributed by atoms with E-state index in [4.69, 9.17) is 4.11 Å². The summed E-state index contributed by atoms with van der Waals surface area (Å²) in [5.41, 5.74) is 0.115. The van der Waals surface area contributed by atoms with Crippen LogP contribution in [0.2, 0.25) is 0 Å². The van der Waals surface area contributed by atoms with E-state index in [-0.39, 0.29) is 5.69 Å². The lowest BCUT2D eigenvalue weighted by Gasteiger charge is -1.76. The summed E-state index contributed by atoms with van der Waals surface area (Å²) in [4.78, 5) is 6.38. The Labute approximate surface area is 68.2 Å². The zero-order valence-electron chi connectivity index (χ0n) is 6.70. The van der Waals surface area contributed by atoms with E-state index in [0.29, 0.717) is 9.34 Å². The highest BCUT2D eigenvalue weighted by atomic mass is 79.9. The van der Waals surface area contributed by atoms with Crippen molar-refractivity contribution in [2.45, 2.75) is 6.85 Å². The topological polar surface area (TPSA) is 28.7 Å². The molecule has 0 saturated carbocycles. The van der Waals surface area contributed by atoms with Gasteiger partial charge in [0.25, 0.3) is 0 Å². The van der Waals surface area contributed by atoms with Crippen molar-refractivity contribution in [2.24, 2.45) is 0 Å². The fourth-order valence-corrected chi connectivity index (χ4v) is 1.21. The molecule has 0 bridgehead atoms. The van der Waals surface area contributed by atoms with E-state index in [2.05, 4.69) is 41.8 Å². The second kappa shape index (κ2) is 2.19. The highest BCUT2D eigenvalue weighted by Crippen LogP contribution is 2.14. The van der Waals surface area contributed by atoms with Crippen molar-refractivity contribution < 1.29 is 4.11 Å². The molecule has 8 heavy (non-hydrogen) atoms.